The molecule has 0 heterocycles. The van der Waals surface area contributed by atoms with Gasteiger partial charge in [0.2, 0.25) is 0 Å². The molecule has 0 aliphatic rings. The Morgan fingerprint density at radius 2 is 1.85 bits per heavy atom. The van der Waals surface area contributed by atoms with Crippen molar-refractivity contribution in [1.82, 2.24) is 0 Å². The van der Waals surface area contributed by atoms with Crippen molar-refractivity contribution < 1.29 is 9.84 Å². The lowest BCUT2D eigenvalue weighted by Crippen LogP contribution is -2.08. The van der Waals surface area contributed by atoms with Crippen LogP contribution in [0.4, 0.5) is 5.69 Å². The zero-order chi connectivity index (χ0) is 14.5. The summed E-state index contributed by atoms with van der Waals surface area (Å²) in [4.78, 5) is 0. The Morgan fingerprint density at radius 3 is 2.60 bits per heavy atom. The van der Waals surface area contributed by atoms with Gasteiger partial charge < -0.3 is 15.2 Å². The van der Waals surface area contributed by atoms with Crippen LogP contribution in [0.2, 0.25) is 0 Å². The molecule has 0 fully saturated rings. The van der Waals surface area contributed by atoms with Gasteiger partial charge >= 0.3 is 0 Å². The fraction of sp³-hybridized carbons (Fsp3) is 0.294. The quantitative estimate of drug-likeness (QED) is 0.860. The Labute approximate surface area is 120 Å². The van der Waals surface area contributed by atoms with Gasteiger partial charge in [0, 0.05) is 12.1 Å². The first-order chi connectivity index (χ1) is 9.58. The molecule has 106 valence electrons. The van der Waals surface area contributed by atoms with Gasteiger partial charge in [-0.2, -0.15) is 0 Å². The first kappa shape index (κ1) is 14.3. The number of hydrogen-bond acceptors (Lipinski definition) is 3. The molecule has 0 aromatic heterocycles. The number of aryl methyl sites for hydroxylation is 1. The molecule has 3 nitrogen and oxygen atoms in total. The number of aromatic hydroxyl groups is 1. The number of para-hydroxylation sites is 3. The Kier molecular flexibility index (Phi) is 4.51. The minimum atomic E-state index is 0.130. The van der Waals surface area contributed by atoms with Crippen LogP contribution in [0.3, 0.4) is 0 Å². The van der Waals surface area contributed by atoms with Crippen molar-refractivity contribution >= 4 is 5.69 Å². The number of phenols is 1. The van der Waals surface area contributed by atoms with E-state index in [-0.39, 0.29) is 6.10 Å². The van der Waals surface area contributed by atoms with Gasteiger partial charge in [0.05, 0.1) is 11.8 Å². The summed E-state index contributed by atoms with van der Waals surface area (Å²) in [5.41, 5.74) is 2.70. The monoisotopic (exact) mass is 271 g/mol. The van der Waals surface area contributed by atoms with Gasteiger partial charge in [-0.1, -0.05) is 30.3 Å². The van der Waals surface area contributed by atoms with E-state index in [4.69, 9.17) is 4.74 Å². The highest BCUT2D eigenvalue weighted by molar-refractivity contribution is 5.57. The second-order valence-corrected chi connectivity index (χ2v) is 5.10. The molecular weight excluding hydrogens is 250 g/mol. The predicted molar refractivity (Wildman–Crippen MR) is 82.4 cm³/mol. The van der Waals surface area contributed by atoms with Crippen molar-refractivity contribution in [1.29, 1.82) is 0 Å². The molecular formula is C17H21NO2. The zero-order valence-electron chi connectivity index (χ0n) is 12.2. The van der Waals surface area contributed by atoms with Crippen LogP contribution >= 0.6 is 0 Å². The molecule has 0 aliphatic carbocycles. The summed E-state index contributed by atoms with van der Waals surface area (Å²) in [6.07, 6.45) is 0.130. The summed E-state index contributed by atoms with van der Waals surface area (Å²) in [6, 6.07) is 13.6. The Balaban J connectivity index is 2.13. The van der Waals surface area contributed by atoms with E-state index in [1.54, 1.807) is 0 Å². The minimum absolute atomic E-state index is 0.130. The molecule has 20 heavy (non-hydrogen) atoms. The number of rotatable bonds is 5. The molecule has 0 aliphatic heterocycles. The van der Waals surface area contributed by atoms with E-state index in [1.165, 1.54) is 0 Å². The fourth-order valence-corrected chi connectivity index (χ4v) is 2.02. The van der Waals surface area contributed by atoms with Gasteiger partial charge in [-0.3, -0.25) is 0 Å². The van der Waals surface area contributed by atoms with Crippen molar-refractivity contribution in [2.24, 2.45) is 0 Å². The summed E-state index contributed by atoms with van der Waals surface area (Å²) in [6.45, 7) is 6.47. The third-order valence-corrected chi connectivity index (χ3v) is 3.04. The molecule has 0 radical (unpaired) electrons. The van der Waals surface area contributed by atoms with Crippen molar-refractivity contribution in [3.63, 3.8) is 0 Å². The lowest BCUT2D eigenvalue weighted by atomic mass is 10.1. The van der Waals surface area contributed by atoms with E-state index in [9.17, 15) is 5.11 Å². The molecule has 0 saturated heterocycles. The SMILES string of the molecule is Cc1cccc(CNc2ccccc2OC(C)C)c1O. The van der Waals surface area contributed by atoms with Gasteiger partial charge in [-0.15, -0.1) is 0 Å². The van der Waals surface area contributed by atoms with Crippen molar-refractivity contribution in [2.75, 3.05) is 5.32 Å². The molecule has 0 spiro atoms. The number of nitrogens with one attached hydrogen (secondary N) is 1. The normalized spacial score (nSPS) is 10.6. The highest BCUT2D eigenvalue weighted by atomic mass is 16.5. The first-order valence-corrected chi connectivity index (χ1v) is 6.85. The van der Waals surface area contributed by atoms with Gasteiger partial charge in [0.25, 0.3) is 0 Å². The average molecular weight is 271 g/mol. The van der Waals surface area contributed by atoms with Crippen LogP contribution < -0.4 is 10.1 Å². The predicted octanol–water partition coefficient (Wildman–Crippen LogP) is 4.10. The third-order valence-electron chi connectivity index (χ3n) is 3.04. The third kappa shape index (κ3) is 3.44. The van der Waals surface area contributed by atoms with E-state index in [0.29, 0.717) is 12.3 Å². The van der Waals surface area contributed by atoms with Crippen molar-refractivity contribution in [2.45, 2.75) is 33.4 Å². The zero-order valence-corrected chi connectivity index (χ0v) is 12.2. The molecule has 0 unspecified atom stereocenters. The van der Waals surface area contributed by atoms with Crippen LogP contribution in [0.5, 0.6) is 11.5 Å². The van der Waals surface area contributed by atoms with Crippen LogP contribution in [-0.4, -0.2) is 11.2 Å². The average Bonchev–Trinajstić information content (AvgIpc) is 2.41. The van der Waals surface area contributed by atoms with E-state index in [1.807, 2.05) is 63.2 Å². The van der Waals surface area contributed by atoms with Gasteiger partial charge in [-0.25, -0.2) is 0 Å². The first-order valence-electron chi connectivity index (χ1n) is 6.85. The maximum absolute atomic E-state index is 10.0. The summed E-state index contributed by atoms with van der Waals surface area (Å²) < 4.78 is 5.76. The summed E-state index contributed by atoms with van der Waals surface area (Å²) in [5, 5.41) is 13.3. The van der Waals surface area contributed by atoms with Gasteiger partial charge in [0.1, 0.15) is 11.5 Å². The maximum Gasteiger partial charge on any atom is 0.142 e. The molecule has 2 aromatic rings. The van der Waals surface area contributed by atoms with E-state index in [2.05, 4.69) is 5.32 Å². The Morgan fingerprint density at radius 1 is 1.10 bits per heavy atom. The number of benzene rings is 2. The molecule has 0 saturated carbocycles. The minimum Gasteiger partial charge on any atom is -0.507 e. The van der Waals surface area contributed by atoms with Gasteiger partial charge in [0.15, 0.2) is 0 Å². The van der Waals surface area contributed by atoms with E-state index < -0.39 is 0 Å². The van der Waals surface area contributed by atoms with Crippen molar-refractivity contribution in [3.05, 3.63) is 53.6 Å². The van der Waals surface area contributed by atoms with Crippen LogP contribution in [0, 0.1) is 6.92 Å². The van der Waals surface area contributed by atoms with Crippen LogP contribution in [-0.2, 0) is 6.54 Å². The molecule has 3 heteroatoms. The molecule has 0 bridgehead atoms. The lowest BCUT2D eigenvalue weighted by molar-refractivity contribution is 0.243. The largest absolute Gasteiger partial charge is 0.507 e. The molecule has 2 N–H and O–H groups in total. The highest BCUT2D eigenvalue weighted by Gasteiger charge is 2.07. The molecule has 0 atom stereocenters. The van der Waals surface area contributed by atoms with Crippen LogP contribution in [0.1, 0.15) is 25.0 Å². The Bertz CT molecular complexity index is 579. The number of anilines is 1. The Hall–Kier alpha value is -2.16. The molecule has 2 rings (SSSR count). The van der Waals surface area contributed by atoms with Crippen LogP contribution in [0.15, 0.2) is 42.5 Å². The number of phenolic OH excluding ortho intramolecular Hbond substituents is 1. The van der Waals surface area contributed by atoms with Gasteiger partial charge in [-0.05, 0) is 38.5 Å². The lowest BCUT2D eigenvalue weighted by Gasteiger charge is -2.16. The maximum atomic E-state index is 10.0. The second-order valence-electron chi connectivity index (χ2n) is 5.10. The fourth-order valence-electron chi connectivity index (χ4n) is 2.02. The topological polar surface area (TPSA) is 41.5 Å². The summed E-state index contributed by atoms with van der Waals surface area (Å²) in [5.74, 6) is 1.18. The van der Waals surface area contributed by atoms with E-state index >= 15 is 0 Å². The van der Waals surface area contributed by atoms with Crippen molar-refractivity contribution in [3.8, 4) is 11.5 Å². The standard InChI is InChI=1S/C17H21NO2/c1-12(2)20-16-10-5-4-9-15(16)18-11-14-8-6-7-13(3)17(14)19/h4-10,12,18-19H,11H2,1-3H3. The highest BCUT2D eigenvalue weighted by Crippen LogP contribution is 2.27. The number of ether oxygens (including phenoxy) is 1. The van der Waals surface area contributed by atoms with Crippen LogP contribution in [0.25, 0.3) is 0 Å². The molecule has 0 amide bonds. The smallest absolute Gasteiger partial charge is 0.142 e. The summed E-state index contributed by atoms with van der Waals surface area (Å²) >= 11 is 0. The van der Waals surface area contributed by atoms with E-state index in [0.717, 1.165) is 22.6 Å². The second kappa shape index (κ2) is 6.33. The molecule has 2 aromatic carbocycles. The number of hydrogen-bond donors (Lipinski definition) is 2. The summed E-state index contributed by atoms with van der Waals surface area (Å²) in [7, 11) is 0.